The Morgan fingerprint density at radius 1 is 1.43 bits per heavy atom. The summed E-state index contributed by atoms with van der Waals surface area (Å²) in [6.45, 7) is 2.17. The molecule has 0 spiro atoms. The third-order valence-corrected chi connectivity index (χ3v) is 5.80. The van der Waals surface area contributed by atoms with E-state index in [1.54, 1.807) is 0 Å². The topological polar surface area (TPSA) is 58.0 Å². The zero-order chi connectivity index (χ0) is 16.4. The fraction of sp³-hybridized carbons (Fsp3) is 0.765. The van der Waals surface area contributed by atoms with Crippen LogP contribution in [0.3, 0.4) is 0 Å². The van der Waals surface area contributed by atoms with Crippen LogP contribution in [0, 0.1) is 5.41 Å². The highest BCUT2D eigenvalue weighted by Gasteiger charge is 2.42. The minimum absolute atomic E-state index is 0.00879. The molecule has 1 saturated carbocycles. The fourth-order valence-corrected chi connectivity index (χ4v) is 4.68. The summed E-state index contributed by atoms with van der Waals surface area (Å²) in [5, 5.41) is 13.5. The molecular formula is C17H25ClFN3O. The van der Waals surface area contributed by atoms with Gasteiger partial charge in [-0.3, -0.25) is 0 Å². The van der Waals surface area contributed by atoms with Crippen LogP contribution in [0.15, 0.2) is 6.33 Å². The van der Waals surface area contributed by atoms with Gasteiger partial charge in [-0.25, -0.2) is 14.4 Å². The molecule has 128 valence electrons. The summed E-state index contributed by atoms with van der Waals surface area (Å²) in [7, 11) is 0. The van der Waals surface area contributed by atoms with Gasteiger partial charge < -0.3 is 10.4 Å². The van der Waals surface area contributed by atoms with Crippen molar-refractivity contribution in [2.75, 3.05) is 5.32 Å². The average molecular weight is 342 g/mol. The second kappa shape index (κ2) is 6.89. The van der Waals surface area contributed by atoms with E-state index in [0.29, 0.717) is 17.4 Å². The lowest BCUT2D eigenvalue weighted by Crippen LogP contribution is -2.36. The number of fused-ring (bicyclic) bond motifs is 4. The largest absolute Gasteiger partial charge is 0.388 e. The number of aliphatic hydroxyl groups excluding tert-OH is 1. The van der Waals surface area contributed by atoms with Gasteiger partial charge in [0.25, 0.3) is 0 Å². The number of anilines is 1. The van der Waals surface area contributed by atoms with Gasteiger partial charge in [0.1, 0.15) is 23.4 Å². The molecule has 2 aliphatic rings. The highest BCUT2D eigenvalue weighted by molar-refractivity contribution is 6.30. The maximum atomic E-state index is 14.5. The Morgan fingerprint density at radius 2 is 2.26 bits per heavy atom. The van der Waals surface area contributed by atoms with Crippen molar-refractivity contribution in [2.45, 2.75) is 76.6 Å². The number of hydrogen-bond acceptors (Lipinski definition) is 4. The summed E-state index contributed by atoms with van der Waals surface area (Å²) < 4.78 is 14.5. The Morgan fingerprint density at radius 3 is 3.04 bits per heavy atom. The number of aliphatic hydroxyl groups is 1. The van der Waals surface area contributed by atoms with Crippen molar-refractivity contribution in [3.8, 4) is 0 Å². The first kappa shape index (κ1) is 16.9. The van der Waals surface area contributed by atoms with Crippen LogP contribution < -0.4 is 5.32 Å². The number of unbranched alkanes of at least 4 members (excludes halogenated alkanes) is 1. The van der Waals surface area contributed by atoms with Crippen LogP contribution in [0.1, 0.15) is 69.8 Å². The van der Waals surface area contributed by atoms with Crippen molar-refractivity contribution in [3.63, 3.8) is 0 Å². The van der Waals surface area contributed by atoms with E-state index >= 15 is 0 Å². The van der Waals surface area contributed by atoms with Gasteiger partial charge in [-0.15, -0.1) is 0 Å². The highest BCUT2D eigenvalue weighted by atomic mass is 35.5. The average Bonchev–Trinajstić information content (AvgIpc) is 2.55. The lowest BCUT2D eigenvalue weighted by molar-refractivity contribution is 0.0186. The molecule has 2 heterocycles. The molecule has 4 nitrogen and oxygen atoms in total. The highest BCUT2D eigenvalue weighted by Crippen LogP contribution is 2.52. The number of alkyl halides is 1. The molecule has 1 aromatic heterocycles. The minimum Gasteiger partial charge on any atom is -0.388 e. The van der Waals surface area contributed by atoms with Crippen LogP contribution in [-0.2, 0) is 0 Å². The van der Waals surface area contributed by atoms with E-state index in [4.69, 9.17) is 11.6 Å². The van der Waals surface area contributed by atoms with Crippen molar-refractivity contribution in [1.29, 1.82) is 0 Å². The van der Waals surface area contributed by atoms with Gasteiger partial charge in [-0.2, -0.15) is 0 Å². The number of nitrogens with zero attached hydrogens (tertiary/aromatic N) is 2. The van der Waals surface area contributed by atoms with Crippen molar-refractivity contribution in [1.82, 2.24) is 9.97 Å². The summed E-state index contributed by atoms with van der Waals surface area (Å²) in [6.07, 6.45) is 6.61. The number of hydrogen-bond donors (Lipinski definition) is 2. The van der Waals surface area contributed by atoms with Gasteiger partial charge in [-0.1, -0.05) is 37.8 Å². The molecule has 4 atom stereocenters. The molecule has 2 N–H and O–H groups in total. The summed E-state index contributed by atoms with van der Waals surface area (Å²) in [6, 6.07) is 0. The van der Waals surface area contributed by atoms with Gasteiger partial charge in [0, 0.05) is 5.56 Å². The molecule has 3 rings (SSSR count). The normalized spacial score (nSPS) is 33.8. The summed E-state index contributed by atoms with van der Waals surface area (Å²) >= 11 is 6.32. The van der Waals surface area contributed by atoms with E-state index in [1.807, 2.05) is 0 Å². The molecule has 2 bridgehead atoms. The summed E-state index contributed by atoms with van der Waals surface area (Å²) in [5.74, 6) is 0.670. The number of rotatable bonds is 3. The Balaban J connectivity index is 2.01. The van der Waals surface area contributed by atoms with Crippen LogP contribution in [0.25, 0.3) is 0 Å². The Kier molecular flexibility index (Phi) is 5.07. The van der Waals surface area contributed by atoms with E-state index in [-0.39, 0.29) is 11.3 Å². The van der Waals surface area contributed by atoms with Gasteiger partial charge in [0.2, 0.25) is 0 Å². The van der Waals surface area contributed by atoms with E-state index in [9.17, 15) is 9.50 Å². The first-order valence-electron chi connectivity index (χ1n) is 8.64. The van der Waals surface area contributed by atoms with Crippen molar-refractivity contribution < 1.29 is 9.50 Å². The quantitative estimate of drug-likeness (QED) is 0.630. The third-order valence-electron chi connectivity index (χ3n) is 5.50. The molecule has 1 aliphatic heterocycles. The lowest BCUT2D eigenvalue weighted by Gasteiger charge is -2.42. The molecule has 0 amide bonds. The zero-order valence-corrected chi connectivity index (χ0v) is 14.3. The predicted octanol–water partition coefficient (Wildman–Crippen LogP) is 4.44. The maximum absolute atomic E-state index is 14.5. The molecule has 1 fully saturated rings. The smallest absolute Gasteiger partial charge is 0.197 e. The van der Waals surface area contributed by atoms with Crippen LogP contribution >= 0.6 is 11.6 Å². The van der Waals surface area contributed by atoms with Gasteiger partial charge in [0.05, 0.1) is 0 Å². The monoisotopic (exact) mass is 341 g/mol. The number of aromatic nitrogens is 2. The lowest BCUT2D eigenvalue weighted by atomic mass is 9.63. The summed E-state index contributed by atoms with van der Waals surface area (Å²) in [4.78, 5) is 8.28. The molecule has 23 heavy (non-hydrogen) atoms. The molecule has 0 aromatic carbocycles. The molecule has 0 saturated heterocycles. The van der Waals surface area contributed by atoms with Crippen molar-refractivity contribution >= 4 is 17.4 Å². The predicted molar refractivity (Wildman–Crippen MR) is 89.4 cm³/mol. The van der Waals surface area contributed by atoms with Crippen molar-refractivity contribution in [3.05, 3.63) is 17.0 Å². The number of halogens is 2. The van der Waals surface area contributed by atoms with E-state index in [0.717, 1.165) is 50.5 Å². The van der Waals surface area contributed by atoms with Crippen LogP contribution in [0.5, 0.6) is 0 Å². The van der Waals surface area contributed by atoms with Gasteiger partial charge in [0.15, 0.2) is 6.30 Å². The molecular weight excluding hydrogens is 317 g/mol. The van der Waals surface area contributed by atoms with Gasteiger partial charge >= 0.3 is 0 Å². The molecule has 6 heteroatoms. The SMILES string of the molecule is CCCCC12CCCC(C1)c1c(Cl)ncnc1N[C@@H](F)C(O)C2. The third kappa shape index (κ3) is 3.45. The Bertz CT molecular complexity index is 559. The first-order chi connectivity index (χ1) is 11.0. The molecule has 1 aromatic rings. The molecule has 1 aliphatic carbocycles. The molecule has 3 unspecified atom stereocenters. The van der Waals surface area contributed by atoms with Crippen molar-refractivity contribution in [2.24, 2.45) is 5.41 Å². The van der Waals surface area contributed by atoms with Crippen LogP contribution in [0.4, 0.5) is 10.2 Å². The Hall–Kier alpha value is -0.940. The van der Waals surface area contributed by atoms with E-state index in [2.05, 4.69) is 22.2 Å². The zero-order valence-electron chi connectivity index (χ0n) is 13.6. The molecule has 0 radical (unpaired) electrons. The second-order valence-electron chi connectivity index (χ2n) is 7.14. The fourth-order valence-electron chi connectivity index (χ4n) is 4.39. The van der Waals surface area contributed by atoms with E-state index in [1.165, 1.54) is 6.33 Å². The minimum atomic E-state index is -1.53. The van der Waals surface area contributed by atoms with Crippen LogP contribution in [-0.4, -0.2) is 27.5 Å². The summed E-state index contributed by atoms with van der Waals surface area (Å²) in [5.41, 5.74) is 0.817. The van der Waals surface area contributed by atoms with Gasteiger partial charge in [-0.05, 0) is 43.4 Å². The van der Waals surface area contributed by atoms with Crippen LogP contribution in [0.2, 0.25) is 5.15 Å². The van der Waals surface area contributed by atoms with E-state index < -0.39 is 12.4 Å². The number of nitrogens with one attached hydrogen (secondary N) is 1. The first-order valence-corrected chi connectivity index (χ1v) is 9.01. The maximum Gasteiger partial charge on any atom is 0.197 e. The standard InChI is InChI=1S/C17H25ClFN3O/c1-2-3-6-17-7-4-5-11(8-17)13-14(18)20-10-21-16(13)22-15(19)12(23)9-17/h10-12,15,23H,2-9H2,1H3,(H,20,21,22)/t11?,12?,15-,17?/m1/s1. The second-order valence-corrected chi connectivity index (χ2v) is 7.50. The Labute approximate surface area is 141 Å².